The van der Waals surface area contributed by atoms with E-state index in [4.69, 9.17) is 0 Å². The number of fused-ring (bicyclic) bond motifs is 1. The van der Waals surface area contributed by atoms with Gasteiger partial charge in [-0.3, -0.25) is 9.89 Å². The van der Waals surface area contributed by atoms with Crippen molar-refractivity contribution in [3.63, 3.8) is 0 Å². The summed E-state index contributed by atoms with van der Waals surface area (Å²) in [4.78, 5) is 15.1. The van der Waals surface area contributed by atoms with Crippen LogP contribution in [-0.2, 0) is 17.8 Å². The molecular weight excluding hydrogens is 322 g/mol. The molecule has 0 saturated heterocycles. The highest BCUT2D eigenvalue weighted by Crippen LogP contribution is 2.31. The lowest BCUT2D eigenvalue weighted by molar-refractivity contribution is -0.132. The lowest BCUT2D eigenvalue weighted by Gasteiger charge is -2.29. The number of aromatic nitrogens is 2. The number of hydrogen-bond acceptors (Lipinski definition) is 2. The molecule has 1 unspecified atom stereocenters. The minimum Gasteiger partial charge on any atom is -0.338 e. The highest BCUT2D eigenvalue weighted by molar-refractivity contribution is 5.78. The molecule has 2 aromatic carbocycles. The number of rotatable bonds is 4. The second-order valence-corrected chi connectivity index (χ2v) is 6.96. The van der Waals surface area contributed by atoms with Crippen molar-refractivity contribution >= 4 is 5.91 Å². The monoisotopic (exact) mass is 345 g/mol. The van der Waals surface area contributed by atoms with Crippen LogP contribution in [0.4, 0.5) is 0 Å². The molecule has 132 valence electrons. The van der Waals surface area contributed by atoms with Crippen LogP contribution in [0.2, 0.25) is 0 Å². The number of benzene rings is 2. The number of H-pyrrole nitrogens is 1. The van der Waals surface area contributed by atoms with Crippen LogP contribution in [0, 0.1) is 6.92 Å². The van der Waals surface area contributed by atoms with Crippen LogP contribution in [0.15, 0.2) is 60.8 Å². The Morgan fingerprint density at radius 1 is 1.15 bits per heavy atom. The van der Waals surface area contributed by atoms with E-state index >= 15 is 0 Å². The van der Waals surface area contributed by atoms with Crippen LogP contribution in [-0.4, -0.2) is 27.5 Å². The van der Waals surface area contributed by atoms with E-state index in [2.05, 4.69) is 47.5 Å². The molecule has 1 aliphatic rings. The molecule has 26 heavy (non-hydrogen) atoms. The van der Waals surface area contributed by atoms with Gasteiger partial charge in [0.1, 0.15) is 0 Å². The number of nitrogens with one attached hydrogen (secondary N) is 1. The van der Waals surface area contributed by atoms with E-state index in [1.165, 1.54) is 16.7 Å². The van der Waals surface area contributed by atoms with Crippen molar-refractivity contribution in [2.75, 3.05) is 6.54 Å². The van der Waals surface area contributed by atoms with Crippen LogP contribution in [0.3, 0.4) is 0 Å². The predicted octanol–water partition coefficient (Wildman–Crippen LogP) is 3.83. The third kappa shape index (κ3) is 3.27. The Morgan fingerprint density at radius 3 is 2.73 bits per heavy atom. The minimum atomic E-state index is 0.0793. The first-order valence-electron chi connectivity index (χ1n) is 9.11. The minimum absolute atomic E-state index is 0.0793. The summed E-state index contributed by atoms with van der Waals surface area (Å²) in [6, 6.07) is 18.7. The van der Waals surface area contributed by atoms with Gasteiger partial charge < -0.3 is 4.90 Å². The lowest BCUT2D eigenvalue weighted by Crippen LogP contribution is -2.36. The van der Waals surface area contributed by atoms with Gasteiger partial charge in [0.15, 0.2) is 0 Å². The van der Waals surface area contributed by atoms with E-state index in [9.17, 15) is 4.79 Å². The SMILES string of the molecule is Cc1ccccc1C(CC(=O)N1CCc2[nH]ncc2C1)c1ccccc1. The third-order valence-corrected chi connectivity index (χ3v) is 5.30. The zero-order chi connectivity index (χ0) is 17.9. The van der Waals surface area contributed by atoms with Gasteiger partial charge in [0, 0.05) is 43.1 Å². The number of amides is 1. The standard InChI is InChI=1S/C22H23N3O/c1-16-7-5-6-10-19(16)20(17-8-3-2-4-9-17)13-22(26)25-12-11-21-18(15-25)14-23-24-21/h2-10,14,20H,11-13,15H2,1H3,(H,23,24). The molecule has 0 bridgehead atoms. The van der Waals surface area contributed by atoms with E-state index in [0.717, 1.165) is 24.2 Å². The molecule has 1 N–H and O–H groups in total. The molecule has 2 heterocycles. The highest BCUT2D eigenvalue weighted by Gasteiger charge is 2.26. The summed E-state index contributed by atoms with van der Waals surface area (Å²) in [6.45, 7) is 3.53. The number of carbonyl (C=O) groups is 1. The first-order valence-corrected chi connectivity index (χ1v) is 9.11. The number of aromatic amines is 1. The van der Waals surface area contributed by atoms with Gasteiger partial charge >= 0.3 is 0 Å². The molecule has 3 aromatic rings. The molecule has 4 heteroatoms. The fourth-order valence-corrected chi connectivity index (χ4v) is 3.81. The summed E-state index contributed by atoms with van der Waals surface area (Å²) < 4.78 is 0. The van der Waals surface area contributed by atoms with Gasteiger partial charge in [-0.1, -0.05) is 54.6 Å². The molecule has 1 amide bonds. The van der Waals surface area contributed by atoms with E-state index in [1.54, 1.807) is 0 Å². The van der Waals surface area contributed by atoms with Crippen molar-refractivity contribution in [2.24, 2.45) is 0 Å². The highest BCUT2D eigenvalue weighted by atomic mass is 16.2. The fraction of sp³-hybridized carbons (Fsp3) is 0.273. The van der Waals surface area contributed by atoms with Crippen molar-refractivity contribution in [1.29, 1.82) is 0 Å². The predicted molar refractivity (Wildman–Crippen MR) is 102 cm³/mol. The van der Waals surface area contributed by atoms with Crippen LogP contribution in [0.1, 0.15) is 40.3 Å². The molecule has 4 nitrogen and oxygen atoms in total. The quantitative estimate of drug-likeness (QED) is 0.781. The number of nitrogens with zero attached hydrogens (tertiary/aromatic N) is 2. The Balaban J connectivity index is 1.59. The van der Waals surface area contributed by atoms with E-state index in [1.807, 2.05) is 35.4 Å². The van der Waals surface area contributed by atoms with Crippen molar-refractivity contribution in [3.05, 3.63) is 88.7 Å². The van der Waals surface area contributed by atoms with Gasteiger partial charge in [0.25, 0.3) is 0 Å². The van der Waals surface area contributed by atoms with E-state index in [0.29, 0.717) is 13.0 Å². The zero-order valence-electron chi connectivity index (χ0n) is 15.0. The van der Waals surface area contributed by atoms with Crippen molar-refractivity contribution in [1.82, 2.24) is 15.1 Å². The molecule has 0 spiro atoms. The molecule has 1 atom stereocenters. The second kappa shape index (κ2) is 7.16. The summed E-state index contributed by atoms with van der Waals surface area (Å²) in [5.41, 5.74) is 5.94. The third-order valence-electron chi connectivity index (χ3n) is 5.30. The van der Waals surface area contributed by atoms with Gasteiger partial charge in [0.05, 0.1) is 6.20 Å². The molecule has 0 radical (unpaired) electrons. The van der Waals surface area contributed by atoms with Gasteiger partial charge in [-0.25, -0.2) is 0 Å². The first-order chi connectivity index (χ1) is 12.7. The topological polar surface area (TPSA) is 49.0 Å². The molecule has 1 aliphatic heterocycles. The Labute approximate surface area is 153 Å². The second-order valence-electron chi connectivity index (χ2n) is 6.96. The summed E-state index contributed by atoms with van der Waals surface area (Å²) in [7, 11) is 0. The molecule has 0 saturated carbocycles. The van der Waals surface area contributed by atoms with Crippen LogP contribution < -0.4 is 0 Å². The summed E-state index contributed by atoms with van der Waals surface area (Å²) in [5.74, 6) is 0.282. The van der Waals surface area contributed by atoms with Crippen molar-refractivity contribution < 1.29 is 4.79 Å². The Morgan fingerprint density at radius 2 is 1.92 bits per heavy atom. The molecular formula is C22H23N3O. The number of hydrogen-bond donors (Lipinski definition) is 1. The fourth-order valence-electron chi connectivity index (χ4n) is 3.81. The average molecular weight is 345 g/mol. The van der Waals surface area contributed by atoms with Gasteiger partial charge in [0.2, 0.25) is 5.91 Å². The van der Waals surface area contributed by atoms with Gasteiger partial charge in [-0.05, 0) is 23.6 Å². The van der Waals surface area contributed by atoms with Crippen LogP contribution >= 0.6 is 0 Å². The summed E-state index contributed by atoms with van der Waals surface area (Å²) >= 11 is 0. The average Bonchev–Trinajstić information content (AvgIpc) is 3.15. The Bertz CT molecular complexity index is 901. The normalized spacial score (nSPS) is 14.7. The first kappa shape index (κ1) is 16.6. The molecule has 0 fully saturated rings. The van der Waals surface area contributed by atoms with E-state index in [-0.39, 0.29) is 11.8 Å². The largest absolute Gasteiger partial charge is 0.338 e. The van der Waals surface area contributed by atoms with Gasteiger partial charge in [-0.2, -0.15) is 5.10 Å². The van der Waals surface area contributed by atoms with Gasteiger partial charge in [-0.15, -0.1) is 0 Å². The summed E-state index contributed by atoms with van der Waals surface area (Å²) in [5, 5.41) is 7.13. The van der Waals surface area contributed by atoms with Crippen molar-refractivity contribution in [3.8, 4) is 0 Å². The maximum absolute atomic E-state index is 13.1. The van der Waals surface area contributed by atoms with Crippen molar-refractivity contribution in [2.45, 2.75) is 32.2 Å². The maximum atomic E-state index is 13.1. The molecule has 0 aliphatic carbocycles. The number of aryl methyl sites for hydroxylation is 1. The zero-order valence-corrected chi connectivity index (χ0v) is 15.0. The Hall–Kier alpha value is -2.88. The Kier molecular flexibility index (Phi) is 4.57. The summed E-state index contributed by atoms with van der Waals surface area (Å²) in [6.07, 6.45) is 3.17. The maximum Gasteiger partial charge on any atom is 0.223 e. The van der Waals surface area contributed by atoms with E-state index < -0.39 is 0 Å². The lowest BCUT2D eigenvalue weighted by atomic mass is 9.85. The number of carbonyl (C=O) groups excluding carboxylic acids is 1. The van der Waals surface area contributed by atoms with Crippen LogP contribution in [0.25, 0.3) is 0 Å². The smallest absolute Gasteiger partial charge is 0.223 e. The molecule has 4 rings (SSSR count). The van der Waals surface area contributed by atoms with Crippen LogP contribution in [0.5, 0.6) is 0 Å². The molecule has 1 aromatic heterocycles.